The first-order valence-corrected chi connectivity index (χ1v) is 10.4. The quantitative estimate of drug-likeness (QED) is 0.803. The van der Waals surface area contributed by atoms with Crippen LogP contribution in [0.3, 0.4) is 0 Å². The molecule has 0 amide bonds. The molecule has 2 bridgehead atoms. The highest BCUT2D eigenvalue weighted by Crippen LogP contribution is 2.49. The van der Waals surface area contributed by atoms with E-state index in [9.17, 15) is 5.11 Å². The molecule has 2 fully saturated rings. The van der Waals surface area contributed by atoms with Crippen LogP contribution in [0.5, 0.6) is 17.2 Å². The largest absolute Gasteiger partial charge is 0.497 e. The van der Waals surface area contributed by atoms with E-state index in [4.69, 9.17) is 14.2 Å². The van der Waals surface area contributed by atoms with Crippen LogP contribution < -0.4 is 14.2 Å². The number of methoxy groups -OCH3 is 3. The molecule has 0 aromatic heterocycles. The predicted molar refractivity (Wildman–Crippen MR) is 113 cm³/mol. The molecule has 1 aliphatic carbocycles. The van der Waals surface area contributed by atoms with Crippen LogP contribution >= 0.6 is 0 Å². The zero-order valence-corrected chi connectivity index (χ0v) is 17.6. The van der Waals surface area contributed by atoms with E-state index >= 15 is 0 Å². The summed E-state index contributed by atoms with van der Waals surface area (Å²) in [7, 11) is 5.03. The van der Waals surface area contributed by atoms with Crippen LogP contribution in [0.25, 0.3) is 0 Å². The summed E-state index contributed by atoms with van der Waals surface area (Å²) in [5.41, 5.74) is 1.44. The third-order valence-electron chi connectivity index (χ3n) is 6.68. The van der Waals surface area contributed by atoms with Gasteiger partial charge in [-0.3, -0.25) is 4.90 Å². The Hall–Kier alpha value is -2.24. The lowest BCUT2D eigenvalue weighted by Crippen LogP contribution is -2.57. The Balaban J connectivity index is 1.55. The lowest BCUT2D eigenvalue weighted by molar-refractivity contribution is -0.148. The Morgan fingerprint density at radius 3 is 1.93 bits per heavy atom. The first kappa shape index (κ1) is 20.0. The topological polar surface area (TPSA) is 51.2 Å². The molecule has 1 N–H and O–H groups in total. The van der Waals surface area contributed by atoms with Crippen molar-refractivity contribution in [2.75, 3.05) is 34.4 Å². The van der Waals surface area contributed by atoms with Crippen molar-refractivity contribution < 1.29 is 19.3 Å². The molecule has 2 unspecified atom stereocenters. The summed E-state index contributed by atoms with van der Waals surface area (Å²) >= 11 is 0. The van der Waals surface area contributed by atoms with E-state index < -0.39 is 5.60 Å². The number of rotatable bonds is 6. The van der Waals surface area contributed by atoms with Crippen molar-refractivity contribution in [2.45, 2.75) is 31.4 Å². The van der Waals surface area contributed by atoms with Gasteiger partial charge in [0.1, 0.15) is 17.2 Å². The fourth-order valence-corrected chi connectivity index (χ4v) is 5.22. The number of likely N-dealkylation sites (tertiary alicyclic amines) is 1. The fraction of sp³-hybridized carbons (Fsp3) is 0.500. The second-order valence-electron chi connectivity index (χ2n) is 8.29. The monoisotopic (exact) mass is 397 g/mol. The molecular weight excluding hydrogens is 366 g/mol. The van der Waals surface area contributed by atoms with Gasteiger partial charge in [0.05, 0.1) is 26.9 Å². The van der Waals surface area contributed by atoms with E-state index in [0.29, 0.717) is 0 Å². The molecule has 29 heavy (non-hydrogen) atoms. The number of ether oxygens (including phenoxy) is 3. The summed E-state index contributed by atoms with van der Waals surface area (Å²) in [6.07, 6.45) is 3.29. The van der Waals surface area contributed by atoms with Gasteiger partial charge in [-0.15, -0.1) is 0 Å². The number of hydrogen-bond acceptors (Lipinski definition) is 5. The van der Waals surface area contributed by atoms with Crippen LogP contribution in [-0.4, -0.2) is 44.4 Å². The maximum Gasteiger partial charge on any atom is 0.122 e. The number of nitrogens with zero attached hydrogens (tertiary/aromatic N) is 1. The van der Waals surface area contributed by atoms with Crippen LogP contribution in [0.15, 0.2) is 42.5 Å². The van der Waals surface area contributed by atoms with Crippen molar-refractivity contribution in [1.82, 2.24) is 4.90 Å². The molecule has 1 saturated carbocycles. The molecular formula is C24H31NO4. The van der Waals surface area contributed by atoms with Crippen LogP contribution in [0.4, 0.5) is 0 Å². The Kier molecular flexibility index (Phi) is 5.70. The first-order chi connectivity index (χ1) is 14.1. The van der Waals surface area contributed by atoms with Crippen molar-refractivity contribution in [2.24, 2.45) is 11.8 Å². The molecule has 0 spiro atoms. The van der Waals surface area contributed by atoms with Gasteiger partial charge >= 0.3 is 0 Å². The summed E-state index contributed by atoms with van der Waals surface area (Å²) in [6.45, 7) is 2.61. The fourth-order valence-electron chi connectivity index (χ4n) is 5.22. The normalized spacial score (nSPS) is 26.8. The molecule has 2 atom stereocenters. The molecule has 1 saturated heterocycles. The maximum absolute atomic E-state index is 11.8. The lowest BCUT2D eigenvalue weighted by Gasteiger charge is -2.53. The SMILES string of the molecule is COc1ccc(C2(O)C3CCCC2CN(Cc2cc(OC)cc(OC)c2)C3)cc1. The molecule has 1 aliphatic heterocycles. The van der Waals surface area contributed by atoms with Gasteiger partial charge in [0.15, 0.2) is 0 Å². The van der Waals surface area contributed by atoms with E-state index in [1.807, 2.05) is 30.3 Å². The zero-order chi connectivity index (χ0) is 20.4. The van der Waals surface area contributed by atoms with Gasteiger partial charge in [0.25, 0.3) is 0 Å². The number of aliphatic hydroxyl groups is 1. The average Bonchev–Trinajstić information content (AvgIpc) is 2.74. The van der Waals surface area contributed by atoms with Gasteiger partial charge < -0.3 is 19.3 Å². The van der Waals surface area contributed by atoms with Gasteiger partial charge in [-0.2, -0.15) is 0 Å². The summed E-state index contributed by atoms with van der Waals surface area (Å²) in [6, 6.07) is 14.0. The first-order valence-electron chi connectivity index (χ1n) is 10.4. The number of hydrogen-bond donors (Lipinski definition) is 1. The minimum Gasteiger partial charge on any atom is -0.497 e. The number of fused-ring (bicyclic) bond motifs is 2. The molecule has 2 aliphatic rings. The van der Waals surface area contributed by atoms with Crippen molar-refractivity contribution >= 4 is 0 Å². The highest BCUT2D eigenvalue weighted by molar-refractivity contribution is 5.38. The molecule has 5 heteroatoms. The third-order valence-corrected chi connectivity index (χ3v) is 6.68. The van der Waals surface area contributed by atoms with Crippen molar-refractivity contribution in [3.05, 3.63) is 53.6 Å². The summed E-state index contributed by atoms with van der Waals surface area (Å²) in [5.74, 6) is 2.91. The number of benzene rings is 2. The van der Waals surface area contributed by atoms with Gasteiger partial charge in [-0.05, 0) is 48.2 Å². The molecule has 1 heterocycles. The van der Waals surface area contributed by atoms with E-state index in [1.165, 1.54) is 12.0 Å². The Morgan fingerprint density at radius 1 is 0.862 bits per heavy atom. The Labute approximate surface area is 173 Å². The van der Waals surface area contributed by atoms with Crippen LogP contribution in [-0.2, 0) is 12.1 Å². The van der Waals surface area contributed by atoms with Crippen molar-refractivity contribution in [3.63, 3.8) is 0 Å². The predicted octanol–water partition coefficient (Wildman–Crippen LogP) is 3.83. The minimum absolute atomic E-state index is 0.232. The highest BCUT2D eigenvalue weighted by Gasteiger charge is 2.51. The average molecular weight is 398 g/mol. The van der Waals surface area contributed by atoms with Crippen molar-refractivity contribution in [3.8, 4) is 17.2 Å². The maximum atomic E-state index is 11.8. The summed E-state index contributed by atoms with van der Waals surface area (Å²) in [4.78, 5) is 2.47. The van der Waals surface area contributed by atoms with E-state index in [1.54, 1.807) is 21.3 Å². The summed E-state index contributed by atoms with van der Waals surface area (Å²) in [5, 5.41) is 11.8. The molecule has 156 valence electrons. The Bertz CT molecular complexity index is 799. The van der Waals surface area contributed by atoms with E-state index in [2.05, 4.69) is 17.0 Å². The standard InChI is InChI=1S/C24H31NO4/c1-27-21-9-7-18(8-10-21)24(26)19-5-4-6-20(24)16-25(15-19)14-17-11-22(28-2)13-23(12-17)29-3/h7-13,19-20,26H,4-6,14-16H2,1-3H3. The van der Waals surface area contributed by atoms with Crippen LogP contribution in [0.2, 0.25) is 0 Å². The van der Waals surface area contributed by atoms with Crippen molar-refractivity contribution in [1.29, 1.82) is 0 Å². The lowest BCUT2D eigenvalue weighted by atomic mass is 9.62. The number of piperidine rings is 1. The molecule has 4 rings (SSSR count). The van der Waals surface area contributed by atoms with Gasteiger partial charge in [0, 0.05) is 37.5 Å². The third kappa shape index (κ3) is 3.81. The van der Waals surface area contributed by atoms with Crippen LogP contribution in [0.1, 0.15) is 30.4 Å². The molecule has 2 aromatic carbocycles. The Morgan fingerprint density at radius 2 is 1.41 bits per heavy atom. The molecule has 0 radical (unpaired) electrons. The second kappa shape index (κ2) is 8.25. The zero-order valence-electron chi connectivity index (χ0n) is 17.6. The van der Waals surface area contributed by atoms with E-state index in [-0.39, 0.29) is 11.8 Å². The smallest absolute Gasteiger partial charge is 0.122 e. The minimum atomic E-state index is -0.757. The van der Waals surface area contributed by atoms with Gasteiger partial charge in [-0.25, -0.2) is 0 Å². The van der Waals surface area contributed by atoms with Crippen LogP contribution in [0, 0.1) is 11.8 Å². The molecule has 5 nitrogen and oxygen atoms in total. The highest BCUT2D eigenvalue weighted by atomic mass is 16.5. The summed E-state index contributed by atoms with van der Waals surface area (Å²) < 4.78 is 16.1. The second-order valence-corrected chi connectivity index (χ2v) is 8.29. The molecule has 2 aromatic rings. The van der Waals surface area contributed by atoms with E-state index in [0.717, 1.165) is 55.3 Å². The van der Waals surface area contributed by atoms with Gasteiger partial charge in [-0.1, -0.05) is 18.6 Å². The van der Waals surface area contributed by atoms with Gasteiger partial charge in [0.2, 0.25) is 0 Å².